The topological polar surface area (TPSA) is 106 Å². The highest BCUT2D eigenvalue weighted by Crippen LogP contribution is 2.24. The van der Waals surface area contributed by atoms with Gasteiger partial charge in [0.15, 0.2) is 5.82 Å². The fraction of sp³-hybridized carbons (Fsp3) is 0.409. The zero-order valence-corrected chi connectivity index (χ0v) is 18.3. The van der Waals surface area contributed by atoms with Crippen molar-refractivity contribution in [1.29, 1.82) is 0 Å². The molecule has 3 rings (SSSR count). The maximum Gasteiger partial charge on any atom is 0.326 e. The van der Waals surface area contributed by atoms with Crippen LogP contribution in [0.15, 0.2) is 41.3 Å². The fourth-order valence-corrected chi connectivity index (χ4v) is 2.66. The highest BCUT2D eigenvalue weighted by Gasteiger charge is 2.20. The smallest absolute Gasteiger partial charge is 0.326 e. The van der Waals surface area contributed by atoms with Gasteiger partial charge in [-0.1, -0.05) is 46.7 Å². The van der Waals surface area contributed by atoms with Gasteiger partial charge < -0.3 is 4.52 Å². The first kappa shape index (κ1) is 21.4. The van der Waals surface area contributed by atoms with Crippen molar-refractivity contribution < 1.29 is 9.32 Å². The van der Waals surface area contributed by atoms with Crippen molar-refractivity contribution in [1.82, 2.24) is 20.1 Å². The normalized spacial score (nSPS) is 11.9. The molecule has 0 aliphatic carbocycles. The minimum Gasteiger partial charge on any atom is -0.359 e. The predicted molar refractivity (Wildman–Crippen MR) is 116 cm³/mol. The summed E-state index contributed by atoms with van der Waals surface area (Å²) in [5.41, 5.74) is 1.69. The van der Waals surface area contributed by atoms with E-state index in [1.165, 1.54) is 0 Å². The van der Waals surface area contributed by atoms with Crippen LogP contribution in [0.4, 0.5) is 16.4 Å². The summed E-state index contributed by atoms with van der Waals surface area (Å²) in [5, 5.41) is 9.18. The lowest BCUT2D eigenvalue weighted by Gasteiger charge is -2.16. The van der Waals surface area contributed by atoms with E-state index in [0.29, 0.717) is 17.4 Å². The highest BCUT2D eigenvalue weighted by atomic mass is 16.5. The number of pyridine rings is 1. The number of carbonyl (C=O) groups excluding carboxylic acids is 1. The van der Waals surface area contributed by atoms with Crippen LogP contribution in [0, 0.1) is 5.41 Å². The molecular formula is C22H28N6O2. The average molecular weight is 409 g/mol. The molecule has 0 aromatic carbocycles. The molecule has 0 fully saturated rings. The number of hydrogen-bond acceptors (Lipinski definition) is 6. The van der Waals surface area contributed by atoms with Gasteiger partial charge in [-0.3, -0.25) is 10.6 Å². The SMILES string of the molecule is CC(C)(C)Cc1ncc(-c2ccc(NC(=O)Nc3cc(C(C)(C)C)on3)nc2)cn1. The predicted octanol–water partition coefficient (Wildman–Crippen LogP) is 5.06. The van der Waals surface area contributed by atoms with Crippen LogP contribution in [0.3, 0.4) is 0 Å². The van der Waals surface area contributed by atoms with Crippen LogP contribution in [0.1, 0.15) is 53.1 Å². The van der Waals surface area contributed by atoms with E-state index in [1.807, 2.05) is 26.8 Å². The van der Waals surface area contributed by atoms with Crippen LogP contribution in [0.25, 0.3) is 11.1 Å². The van der Waals surface area contributed by atoms with Gasteiger partial charge in [0.05, 0.1) is 0 Å². The lowest BCUT2D eigenvalue weighted by molar-refractivity contribution is 0.261. The van der Waals surface area contributed by atoms with Gasteiger partial charge in [-0.05, 0) is 17.5 Å². The van der Waals surface area contributed by atoms with Crippen molar-refractivity contribution in [3.63, 3.8) is 0 Å². The lowest BCUT2D eigenvalue weighted by Crippen LogP contribution is -2.20. The van der Waals surface area contributed by atoms with Gasteiger partial charge in [0.25, 0.3) is 0 Å². The monoisotopic (exact) mass is 408 g/mol. The number of nitrogens with zero attached hydrogens (tertiary/aromatic N) is 4. The molecule has 3 aromatic heterocycles. The summed E-state index contributed by atoms with van der Waals surface area (Å²) in [4.78, 5) is 25.4. The van der Waals surface area contributed by atoms with E-state index in [1.54, 1.807) is 30.7 Å². The lowest BCUT2D eigenvalue weighted by atomic mass is 9.92. The minimum absolute atomic E-state index is 0.136. The van der Waals surface area contributed by atoms with Gasteiger partial charge in [0, 0.05) is 47.6 Å². The molecule has 158 valence electrons. The van der Waals surface area contributed by atoms with Gasteiger partial charge >= 0.3 is 6.03 Å². The molecule has 2 N–H and O–H groups in total. The molecule has 0 bridgehead atoms. The molecule has 8 nitrogen and oxygen atoms in total. The molecule has 0 spiro atoms. The van der Waals surface area contributed by atoms with Crippen LogP contribution in [0.2, 0.25) is 0 Å². The number of urea groups is 1. The second-order valence-electron chi connectivity index (χ2n) is 9.46. The minimum atomic E-state index is -0.445. The fourth-order valence-electron chi connectivity index (χ4n) is 2.66. The highest BCUT2D eigenvalue weighted by molar-refractivity contribution is 5.98. The molecule has 8 heteroatoms. The van der Waals surface area contributed by atoms with Crippen molar-refractivity contribution in [3.8, 4) is 11.1 Å². The number of rotatable bonds is 4. The van der Waals surface area contributed by atoms with Crippen molar-refractivity contribution in [3.05, 3.63) is 48.4 Å². The van der Waals surface area contributed by atoms with E-state index in [0.717, 1.165) is 23.4 Å². The van der Waals surface area contributed by atoms with Crippen molar-refractivity contribution in [2.24, 2.45) is 5.41 Å². The number of carbonyl (C=O) groups is 1. The summed E-state index contributed by atoms with van der Waals surface area (Å²) in [6.07, 6.45) is 6.07. The summed E-state index contributed by atoms with van der Waals surface area (Å²) >= 11 is 0. The van der Waals surface area contributed by atoms with E-state index in [2.05, 4.69) is 51.5 Å². The first-order chi connectivity index (χ1) is 14.0. The third-order valence-electron chi connectivity index (χ3n) is 4.22. The molecule has 2 amide bonds. The van der Waals surface area contributed by atoms with Crippen LogP contribution in [-0.4, -0.2) is 26.1 Å². The van der Waals surface area contributed by atoms with E-state index < -0.39 is 6.03 Å². The number of aromatic nitrogens is 4. The summed E-state index contributed by atoms with van der Waals surface area (Å²) in [7, 11) is 0. The number of nitrogens with one attached hydrogen (secondary N) is 2. The Balaban J connectivity index is 1.60. The Morgan fingerprint density at radius 2 is 1.53 bits per heavy atom. The molecule has 3 aromatic rings. The Morgan fingerprint density at radius 1 is 0.900 bits per heavy atom. The Morgan fingerprint density at radius 3 is 2.07 bits per heavy atom. The summed E-state index contributed by atoms with van der Waals surface area (Å²) < 4.78 is 5.26. The van der Waals surface area contributed by atoms with Crippen LogP contribution < -0.4 is 10.6 Å². The molecule has 0 saturated carbocycles. The van der Waals surface area contributed by atoms with Gasteiger partial charge in [-0.2, -0.15) is 0 Å². The number of hydrogen-bond donors (Lipinski definition) is 2. The first-order valence-electron chi connectivity index (χ1n) is 9.82. The van der Waals surface area contributed by atoms with Crippen LogP contribution in [-0.2, 0) is 11.8 Å². The van der Waals surface area contributed by atoms with Crippen molar-refractivity contribution in [2.45, 2.75) is 53.4 Å². The molecule has 0 aliphatic heterocycles. The Bertz CT molecular complexity index is 996. The third kappa shape index (κ3) is 5.85. The summed E-state index contributed by atoms with van der Waals surface area (Å²) in [5.74, 6) is 2.27. The van der Waals surface area contributed by atoms with Crippen LogP contribution in [0.5, 0.6) is 0 Å². The van der Waals surface area contributed by atoms with Crippen molar-refractivity contribution >= 4 is 17.7 Å². The number of amides is 2. The van der Waals surface area contributed by atoms with Gasteiger partial charge in [-0.15, -0.1) is 0 Å². The second-order valence-corrected chi connectivity index (χ2v) is 9.46. The summed E-state index contributed by atoms with van der Waals surface area (Å²) in [6.45, 7) is 12.5. The van der Waals surface area contributed by atoms with Gasteiger partial charge in [-0.25, -0.2) is 19.7 Å². The van der Waals surface area contributed by atoms with E-state index in [4.69, 9.17) is 4.52 Å². The van der Waals surface area contributed by atoms with E-state index in [-0.39, 0.29) is 10.8 Å². The maximum atomic E-state index is 12.2. The maximum absolute atomic E-state index is 12.2. The van der Waals surface area contributed by atoms with Crippen LogP contribution >= 0.6 is 0 Å². The third-order valence-corrected chi connectivity index (χ3v) is 4.22. The zero-order chi connectivity index (χ0) is 21.9. The van der Waals surface area contributed by atoms with Gasteiger partial charge in [0.1, 0.15) is 17.4 Å². The molecule has 0 atom stereocenters. The van der Waals surface area contributed by atoms with E-state index in [9.17, 15) is 4.79 Å². The van der Waals surface area contributed by atoms with Crippen molar-refractivity contribution in [2.75, 3.05) is 10.6 Å². The van der Waals surface area contributed by atoms with E-state index >= 15 is 0 Å². The standard InChI is InChI=1S/C22H28N6O2/c1-21(2,3)10-19-24-12-15(13-25-19)14-7-8-17(23-11-14)26-20(29)27-18-9-16(30-28-18)22(4,5)6/h7-9,11-13H,10H2,1-6H3,(H2,23,26,27,28,29). The molecule has 3 heterocycles. The van der Waals surface area contributed by atoms with Gasteiger partial charge in [0.2, 0.25) is 0 Å². The quantitative estimate of drug-likeness (QED) is 0.625. The Labute approximate surface area is 176 Å². The molecule has 0 saturated heterocycles. The zero-order valence-electron chi connectivity index (χ0n) is 18.3. The molecule has 30 heavy (non-hydrogen) atoms. The molecule has 0 radical (unpaired) electrons. The average Bonchev–Trinajstić information content (AvgIpc) is 3.10. The molecule has 0 aliphatic rings. The molecular weight excluding hydrogens is 380 g/mol. The largest absolute Gasteiger partial charge is 0.359 e. The Hall–Kier alpha value is -3.29. The second kappa shape index (κ2) is 8.22. The number of anilines is 2. The Kier molecular flexibility index (Phi) is 5.87. The molecule has 0 unspecified atom stereocenters. The summed E-state index contributed by atoms with van der Waals surface area (Å²) in [6, 6.07) is 4.85. The first-order valence-corrected chi connectivity index (χ1v) is 9.82.